The lowest BCUT2D eigenvalue weighted by Crippen LogP contribution is -2.31. The largest absolute Gasteiger partial charge is 0.481 e. The number of imide groups is 2. The number of hydrogen-bond donors (Lipinski definition) is 5. The van der Waals surface area contributed by atoms with Crippen molar-refractivity contribution >= 4 is 107 Å². The first-order chi connectivity index (χ1) is 71.7. The summed E-state index contributed by atoms with van der Waals surface area (Å²) in [4.78, 5) is 215. The van der Waals surface area contributed by atoms with Gasteiger partial charge in [0.25, 0.3) is 23.6 Å². The van der Waals surface area contributed by atoms with E-state index < -0.39 is 53.5 Å². The van der Waals surface area contributed by atoms with Gasteiger partial charge in [-0.1, -0.05) is 226 Å². The van der Waals surface area contributed by atoms with Gasteiger partial charge in [0.15, 0.2) is 0 Å². The molecule has 0 spiro atoms. The third-order valence-corrected chi connectivity index (χ3v) is 21.9. The standard InChI is InChI=1S/C36H50O9.C30H44N2O13.C22H38O9.C16H22O4.C4H10O3/c37-33(21-13-3-1-5-15-23-35(39)44-29-31-17-9-7-10-18-31)42-27-25-41-26-28-43-34(38)22-14-4-2-6-16-24-36(40)45-30-32-19-11-8-12-20-32;33-23-15-16-24(34)31(23)44-29(39)13-9-5-1-3-7-11-27(37)42-21-19-41-20-22-43-28(38)12-8-4-2-6-10-14-30(40)45-32-25(35)17-18-26(32)36;23-19(24)11-7-3-1-5-9-13-21(27)30-17-15-29-16-18-31-22(28)14-10-6-2-4-8-12-20(25)26;17-15(18)11-7-2-1-3-8-12-16(19)20-13-14-9-5-4-6-10-14;5-1-3-7-4-2-6/h7-12,17-20H,1-6,13-16,21-30H2;1-22H2;1-18H2,(H,23,24)(H,25,26);4-6,9-10H,1-3,7-8,11-13H2,(H,17,18);5-6H,1-4H2. The predicted molar refractivity (Wildman–Crippen MR) is 535 cm³/mol. The van der Waals surface area contributed by atoms with Gasteiger partial charge in [-0.05, 0) is 107 Å². The zero-order chi connectivity index (χ0) is 108. The lowest BCUT2D eigenvalue weighted by Gasteiger charge is -2.12. The average molecular weight is 2100 g/mol. The van der Waals surface area contributed by atoms with E-state index in [4.69, 9.17) is 92.1 Å². The Balaban J connectivity index is 0.000000998. The lowest BCUT2D eigenvalue weighted by molar-refractivity contribution is -0.197. The summed E-state index contributed by atoms with van der Waals surface area (Å²) in [7, 11) is 0. The summed E-state index contributed by atoms with van der Waals surface area (Å²) in [5, 5.41) is 42.8. The summed E-state index contributed by atoms with van der Waals surface area (Å²) in [5.41, 5.74) is 2.96. The van der Waals surface area contributed by atoms with Gasteiger partial charge in [0.05, 0.1) is 66.1 Å². The van der Waals surface area contributed by atoms with Crippen LogP contribution in [0.2, 0.25) is 0 Å². The number of hydroxylamine groups is 4. The molecule has 40 nitrogen and oxygen atoms in total. The predicted octanol–water partition coefficient (Wildman–Crippen LogP) is 16.1. The minimum absolute atomic E-state index is 0.0278. The second kappa shape index (κ2) is 96.1. The number of aliphatic carboxylic acids is 3. The second-order valence-corrected chi connectivity index (χ2v) is 34.8. The highest BCUT2D eigenvalue weighted by Gasteiger charge is 2.34. The number of unbranched alkanes of at least 4 members (excludes halogenated alkanes) is 28. The third kappa shape index (κ3) is 87.3. The van der Waals surface area contributed by atoms with Crippen molar-refractivity contribution in [2.75, 3.05) is 106 Å². The van der Waals surface area contributed by atoms with Crippen LogP contribution in [0.3, 0.4) is 0 Å². The summed E-state index contributed by atoms with van der Waals surface area (Å²) in [6.07, 6.45) is 32.5. The highest BCUT2D eigenvalue weighted by Crippen LogP contribution is 2.20. The molecule has 0 aromatic heterocycles. The fraction of sp³-hybridized carbons (Fsp3) is 0.667. The summed E-state index contributed by atoms with van der Waals surface area (Å²) >= 11 is 0. The topological polar surface area (TPSA) is 553 Å². The smallest absolute Gasteiger partial charge is 0.333 e. The molecular formula is C108H164N2O38. The van der Waals surface area contributed by atoms with Gasteiger partial charge in [-0.3, -0.25) is 76.7 Å². The monoisotopic (exact) mass is 2100 g/mol. The lowest BCUT2D eigenvalue weighted by atomic mass is 10.1. The van der Waals surface area contributed by atoms with E-state index in [0.29, 0.717) is 133 Å². The number of aliphatic hydroxyl groups is 2. The number of esters is 9. The molecule has 40 heteroatoms. The maximum Gasteiger partial charge on any atom is 0.333 e. The van der Waals surface area contributed by atoms with E-state index in [1.54, 1.807) is 0 Å². The van der Waals surface area contributed by atoms with E-state index in [-0.39, 0.29) is 217 Å². The van der Waals surface area contributed by atoms with Gasteiger partial charge in [-0.15, -0.1) is 10.1 Å². The van der Waals surface area contributed by atoms with Gasteiger partial charge < -0.3 is 96.8 Å². The zero-order valence-electron chi connectivity index (χ0n) is 86.7. The number of rotatable bonds is 86. The Kier molecular flexibility index (Phi) is 87.2. The quantitative estimate of drug-likeness (QED) is 0.0152. The van der Waals surface area contributed by atoms with E-state index in [2.05, 4.69) is 4.74 Å². The van der Waals surface area contributed by atoms with Crippen molar-refractivity contribution in [2.45, 2.75) is 360 Å². The molecule has 5 rings (SSSR count). The summed E-state index contributed by atoms with van der Waals surface area (Å²) in [6.45, 7) is 3.87. The molecule has 2 heterocycles. The normalized spacial score (nSPS) is 11.7. The second-order valence-electron chi connectivity index (χ2n) is 34.8. The fourth-order valence-electron chi connectivity index (χ4n) is 13.8. The first-order valence-electron chi connectivity index (χ1n) is 52.5. The fourth-order valence-corrected chi connectivity index (χ4v) is 13.8. The van der Waals surface area contributed by atoms with Crippen LogP contribution in [-0.4, -0.2) is 249 Å². The number of carbonyl (C=O) groups is 18. The van der Waals surface area contributed by atoms with Crippen LogP contribution in [0, 0.1) is 0 Å². The molecule has 148 heavy (non-hydrogen) atoms. The molecule has 3 aromatic carbocycles. The van der Waals surface area contributed by atoms with E-state index in [0.717, 1.165) is 196 Å². The van der Waals surface area contributed by atoms with Crippen molar-refractivity contribution in [3.63, 3.8) is 0 Å². The molecule has 2 saturated heterocycles. The molecule has 0 saturated carbocycles. The van der Waals surface area contributed by atoms with E-state index in [1.165, 1.54) is 0 Å². The first kappa shape index (κ1) is 134. The van der Waals surface area contributed by atoms with Gasteiger partial charge in [-0.2, -0.15) is 0 Å². The number of aliphatic hydroxyl groups excluding tert-OH is 2. The molecular weight excluding hydrogens is 1930 g/mol. The molecule has 4 amide bonds. The van der Waals surface area contributed by atoms with Crippen molar-refractivity contribution < 1.29 is 183 Å². The van der Waals surface area contributed by atoms with Crippen molar-refractivity contribution in [3.05, 3.63) is 108 Å². The zero-order valence-corrected chi connectivity index (χ0v) is 86.7. The number of nitrogens with zero attached hydrogens (tertiary/aromatic N) is 2. The molecule has 2 aliphatic heterocycles. The Morgan fingerprint density at radius 3 is 0.527 bits per heavy atom. The average Bonchev–Trinajstić information content (AvgIpc) is 1.73. The van der Waals surface area contributed by atoms with Crippen molar-refractivity contribution in [3.8, 4) is 0 Å². The van der Waals surface area contributed by atoms with Crippen molar-refractivity contribution in [2.24, 2.45) is 0 Å². The van der Waals surface area contributed by atoms with Gasteiger partial charge >= 0.3 is 83.6 Å². The van der Waals surface area contributed by atoms with Crippen LogP contribution in [0.5, 0.6) is 0 Å². The van der Waals surface area contributed by atoms with Crippen LogP contribution in [0.25, 0.3) is 0 Å². The first-order valence-corrected chi connectivity index (χ1v) is 52.5. The molecule has 0 bridgehead atoms. The van der Waals surface area contributed by atoms with Gasteiger partial charge in [0.1, 0.15) is 59.5 Å². The minimum atomic E-state index is -0.776. The molecule has 2 aliphatic rings. The van der Waals surface area contributed by atoms with Crippen molar-refractivity contribution in [1.82, 2.24) is 10.1 Å². The summed E-state index contributed by atoms with van der Waals surface area (Å²) < 4.78 is 66.9. The minimum Gasteiger partial charge on any atom is -0.481 e. The number of hydrogen-bond acceptors (Lipinski definition) is 35. The van der Waals surface area contributed by atoms with Crippen LogP contribution in [0.4, 0.5) is 0 Å². The highest BCUT2D eigenvalue weighted by molar-refractivity contribution is 6.02. The summed E-state index contributed by atoms with van der Waals surface area (Å²) in [5.74, 6) is -7.75. The molecule has 0 unspecified atom stereocenters. The third-order valence-electron chi connectivity index (χ3n) is 21.9. The SMILES string of the molecule is O=C(CCCCCCCC(=O)OCc1ccccc1)OCCOCCOC(=O)CCCCCCCC(=O)OCc1ccccc1.O=C(CCCCCCCC(=O)ON1C(=O)CCC1=O)OCCOCCOC(=O)CCCCCCCC(=O)ON1C(=O)CCC1=O.O=C(O)CCCCCCCC(=O)OCCOCCOC(=O)CCCCCCCC(=O)O.O=C(O)CCCCCCCC(=O)OCc1ccccc1.OCCOCCO. The van der Waals surface area contributed by atoms with Crippen LogP contribution >= 0.6 is 0 Å². The molecule has 3 aromatic rings. The Morgan fingerprint density at radius 2 is 0.351 bits per heavy atom. The number of benzene rings is 3. The van der Waals surface area contributed by atoms with Crippen LogP contribution in [-0.2, 0) is 177 Å². The Morgan fingerprint density at radius 1 is 0.196 bits per heavy atom. The Labute approximate surface area is 869 Å². The molecule has 0 aliphatic carbocycles. The number of carbonyl (C=O) groups excluding carboxylic acids is 15. The van der Waals surface area contributed by atoms with Crippen LogP contribution in [0.1, 0.15) is 357 Å². The van der Waals surface area contributed by atoms with Gasteiger partial charge in [-0.25, -0.2) is 9.59 Å². The van der Waals surface area contributed by atoms with Gasteiger partial charge in [0.2, 0.25) is 0 Å². The maximum atomic E-state index is 11.8. The molecule has 2 fully saturated rings. The Bertz CT molecular complexity index is 3850. The van der Waals surface area contributed by atoms with E-state index in [1.807, 2.05) is 91.0 Å². The van der Waals surface area contributed by atoms with Crippen LogP contribution < -0.4 is 0 Å². The molecule has 0 radical (unpaired) electrons. The maximum absolute atomic E-state index is 11.8. The van der Waals surface area contributed by atoms with Gasteiger partial charge in [0, 0.05) is 116 Å². The summed E-state index contributed by atoms with van der Waals surface area (Å²) in [6, 6.07) is 28.8. The number of ether oxygens (including phenoxy) is 13. The van der Waals surface area contributed by atoms with E-state index in [9.17, 15) is 86.3 Å². The Hall–Kier alpha value is -11.7. The molecule has 5 N–H and O–H groups in total. The molecule has 0 atom stereocenters. The number of carboxylic acid groups (broad SMARTS) is 3. The van der Waals surface area contributed by atoms with Crippen molar-refractivity contribution in [1.29, 1.82) is 0 Å². The molecule has 834 valence electrons. The van der Waals surface area contributed by atoms with E-state index >= 15 is 0 Å². The number of carboxylic acids is 3. The highest BCUT2D eigenvalue weighted by atomic mass is 16.7. The number of amides is 4. The van der Waals surface area contributed by atoms with Crippen LogP contribution in [0.15, 0.2) is 91.0 Å².